The number of fused-ring (bicyclic) bond motifs is 1. The Kier molecular flexibility index (Phi) is 5.19. The highest BCUT2D eigenvalue weighted by molar-refractivity contribution is 7.98. The molecule has 4 nitrogen and oxygen atoms in total. The molecule has 0 amide bonds. The summed E-state index contributed by atoms with van der Waals surface area (Å²) < 4.78 is 6.04. The van der Waals surface area contributed by atoms with Crippen molar-refractivity contribution >= 4 is 11.8 Å². The van der Waals surface area contributed by atoms with E-state index >= 15 is 0 Å². The maximum absolute atomic E-state index is 9.96. The molecule has 2 atom stereocenters. The van der Waals surface area contributed by atoms with E-state index in [-0.39, 0.29) is 0 Å². The van der Waals surface area contributed by atoms with Gasteiger partial charge in [-0.2, -0.15) is 0 Å². The zero-order valence-corrected chi connectivity index (χ0v) is 17.1. The van der Waals surface area contributed by atoms with Gasteiger partial charge in [0.1, 0.15) is 5.75 Å². The number of pyridine rings is 1. The molecule has 1 aromatic carbocycles. The summed E-state index contributed by atoms with van der Waals surface area (Å²) in [6.07, 6.45) is 3.97. The highest BCUT2D eigenvalue weighted by atomic mass is 32.2. The van der Waals surface area contributed by atoms with Crippen LogP contribution in [-0.4, -0.2) is 53.1 Å². The number of likely N-dealkylation sites (tertiary alicyclic amines) is 1. The van der Waals surface area contributed by atoms with E-state index < -0.39 is 5.60 Å². The number of hydrogen-bond donors (Lipinski definition) is 1. The van der Waals surface area contributed by atoms with Crippen LogP contribution >= 0.6 is 11.8 Å². The molecule has 0 radical (unpaired) electrons. The van der Waals surface area contributed by atoms with Crippen LogP contribution in [-0.2, 0) is 0 Å². The molecule has 1 N–H and O–H groups in total. The van der Waals surface area contributed by atoms with Gasteiger partial charge in [-0.15, -0.1) is 11.8 Å². The lowest BCUT2D eigenvalue weighted by Crippen LogP contribution is -2.39. The van der Waals surface area contributed by atoms with Crippen LogP contribution in [0.25, 0.3) is 11.3 Å². The molecule has 27 heavy (non-hydrogen) atoms. The van der Waals surface area contributed by atoms with Crippen molar-refractivity contribution in [2.24, 2.45) is 17.8 Å². The Labute approximate surface area is 166 Å². The molecule has 2 heterocycles. The second kappa shape index (κ2) is 7.46. The van der Waals surface area contributed by atoms with E-state index in [0.717, 1.165) is 55.1 Å². The zero-order chi connectivity index (χ0) is 19.0. The van der Waals surface area contributed by atoms with Gasteiger partial charge in [0.15, 0.2) is 0 Å². The molecule has 0 bridgehead atoms. The van der Waals surface area contributed by atoms with Crippen molar-refractivity contribution in [3.05, 3.63) is 42.6 Å². The van der Waals surface area contributed by atoms with E-state index in [2.05, 4.69) is 40.4 Å². The normalized spacial score (nSPS) is 24.7. The number of hydrogen-bond acceptors (Lipinski definition) is 5. The average molecular weight is 385 g/mol. The minimum absolute atomic E-state index is 0.602. The largest absolute Gasteiger partial charge is 0.493 e. The lowest BCUT2D eigenvalue weighted by atomic mass is 10.1. The first-order chi connectivity index (χ1) is 12.9. The standard InChI is InChI=1S/C22H28N2O2S/c1-22(2,25)14-24-11-18-19(12-24)20(18)13-26-16-6-4-15(5-7-16)21-9-8-17(27-3)10-23-21/h4-10,18-20,25H,11-14H2,1-3H3. The Morgan fingerprint density at radius 2 is 1.85 bits per heavy atom. The van der Waals surface area contributed by atoms with Gasteiger partial charge in [0.2, 0.25) is 0 Å². The molecular formula is C22H28N2O2S. The van der Waals surface area contributed by atoms with Crippen LogP contribution in [0.4, 0.5) is 0 Å². The number of β-amino-alcohol motifs (C(OH)–C–C–N with tert-alkyl or cyclic N) is 1. The fraction of sp³-hybridized carbons (Fsp3) is 0.500. The van der Waals surface area contributed by atoms with Crippen LogP contribution in [0, 0.1) is 17.8 Å². The van der Waals surface area contributed by atoms with Gasteiger partial charge in [-0.05, 0) is 68.3 Å². The van der Waals surface area contributed by atoms with Gasteiger partial charge in [0.25, 0.3) is 0 Å². The summed E-state index contributed by atoms with van der Waals surface area (Å²) in [5.74, 6) is 3.08. The Morgan fingerprint density at radius 1 is 1.15 bits per heavy atom. The van der Waals surface area contributed by atoms with Crippen molar-refractivity contribution in [2.75, 3.05) is 32.5 Å². The minimum Gasteiger partial charge on any atom is -0.493 e. The Hall–Kier alpha value is -1.56. The SMILES string of the molecule is CSc1ccc(-c2ccc(OCC3C4CN(CC(C)(C)O)CC34)cc2)nc1. The summed E-state index contributed by atoms with van der Waals surface area (Å²) >= 11 is 1.70. The Bertz CT molecular complexity index is 758. The van der Waals surface area contributed by atoms with Gasteiger partial charge in [0.05, 0.1) is 17.9 Å². The molecule has 1 saturated carbocycles. The van der Waals surface area contributed by atoms with Crippen molar-refractivity contribution in [3.8, 4) is 17.0 Å². The van der Waals surface area contributed by atoms with Gasteiger partial charge >= 0.3 is 0 Å². The smallest absolute Gasteiger partial charge is 0.119 e. The molecule has 1 saturated heterocycles. The quantitative estimate of drug-likeness (QED) is 0.736. The first kappa shape index (κ1) is 18.8. The Balaban J connectivity index is 1.26. The predicted octanol–water partition coefficient (Wildman–Crippen LogP) is 3.80. The summed E-state index contributed by atoms with van der Waals surface area (Å²) in [6, 6.07) is 12.4. The summed E-state index contributed by atoms with van der Waals surface area (Å²) in [5.41, 5.74) is 1.50. The summed E-state index contributed by atoms with van der Waals surface area (Å²) in [7, 11) is 0. The maximum Gasteiger partial charge on any atom is 0.119 e. The topological polar surface area (TPSA) is 45.6 Å². The van der Waals surface area contributed by atoms with Gasteiger partial charge < -0.3 is 9.84 Å². The first-order valence-electron chi connectivity index (χ1n) is 9.61. The van der Waals surface area contributed by atoms with Gasteiger partial charge in [-0.1, -0.05) is 0 Å². The van der Waals surface area contributed by atoms with Crippen molar-refractivity contribution in [1.82, 2.24) is 9.88 Å². The van der Waals surface area contributed by atoms with E-state index in [1.165, 1.54) is 4.90 Å². The Morgan fingerprint density at radius 3 is 2.41 bits per heavy atom. The molecule has 0 spiro atoms. The molecule has 2 aromatic rings. The molecule has 2 aliphatic rings. The van der Waals surface area contributed by atoms with Crippen LogP contribution < -0.4 is 4.74 Å². The molecule has 1 aliphatic heterocycles. The van der Waals surface area contributed by atoms with Crippen LogP contribution in [0.3, 0.4) is 0 Å². The third-order valence-electron chi connectivity index (χ3n) is 5.62. The van der Waals surface area contributed by atoms with Crippen molar-refractivity contribution in [3.63, 3.8) is 0 Å². The fourth-order valence-corrected chi connectivity index (χ4v) is 4.61. The highest BCUT2D eigenvalue weighted by Crippen LogP contribution is 2.51. The number of thioether (sulfide) groups is 1. The van der Waals surface area contributed by atoms with E-state index in [9.17, 15) is 5.11 Å². The van der Waals surface area contributed by atoms with Gasteiger partial charge in [-0.25, -0.2) is 0 Å². The van der Waals surface area contributed by atoms with Gasteiger partial charge in [0, 0.05) is 42.2 Å². The number of benzene rings is 1. The van der Waals surface area contributed by atoms with Crippen LogP contribution in [0.5, 0.6) is 5.75 Å². The van der Waals surface area contributed by atoms with Crippen LogP contribution in [0.2, 0.25) is 0 Å². The molecule has 5 heteroatoms. The molecule has 1 aromatic heterocycles. The molecule has 144 valence electrons. The summed E-state index contributed by atoms with van der Waals surface area (Å²) in [4.78, 5) is 8.08. The molecule has 2 unspecified atom stereocenters. The zero-order valence-electron chi connectivity index (χ0n) is 16.3. The third-order valence-corrected chi connectivity index (χ3v) is 6.34. The van der Waals surface area contributed by atoms with E-state index in [1.54, 1.807) is 11.8 Å². The number of rotatable bonds is 7. The lowest BCUT2D eigenvalue weighted by Gasteiger charge is -2.27. The highest BCUT2D eigenvalue weighted by Gasteiger charge is 2.56. The monoisotopic (exact) mass is 384 g/mol. The first-order valence-corrected chi connectivity index (χ1v) is 10.8. The van der Waals surface area contributed by atoms with Crippen LogP contribution in [0.1, 0.15) is 13.8 Å². The minimum atomic E-state index is -0.602. The molecular weight excluding hydrogens is 356 g/mol. The molecule has 1 aliphatic carbocycles. The van der Waals surface area contributed by atoms with E-state index in [4.69, 9.17) is 4.74 Å². The summed E-state index contributed by atoms with van der Waals surface area (Å²) in [6.45, 7) is 7.52. The second-order valence-corrected chi connectivity index (χ2v) is 9.30. The summed E-state index contributed by atoms with van der Waals surface area (Å²) in [5, 5.41) is 9.96. The van der Waals surface area contributed by atoms with Crippen LogP contribution in [0.15, 0.2) is 47.5 Å². The fourth-order valence-electron chi connectivity index (χ4n) is 4.25. The number of aromatic nitrogens is 1. The van der Waals surface area contributed by atoms with Gasteiger partial charge in [-0.3, -0.25) is 9.88 Å². The number of ether oxygens (including phenoxy) is 1. The van der Waals surface area contributed by atoms with E-state index in [1.807, 2.05) is 32.2 Å². The second-order valence-electron chi connectivity index (χ2n) is 8.42. The number of aliphatic hydroxyl groups is 1. The maximum atomic E-state index is 9.96. The lowest BCUT2D eigenvalue weighted by molar-refractivity contribution is 0.0381. The van der Waals surface area contributed by atoms with Crippen molar-refractivity contribution in [2.45, 2.75) is 24.3 Å². The average Bonchev–Trinajstić information content (AvgIpc) is 3.11. The molecule has 2 fully saturated rings. The predicted molar refractivity (Wildman–Crippen MR) is 110 cm³/mol. The van der Waals surface area contributed by atoms with Crippen molar-refractivity contribution in [1.29, 1.82) is 0 Å². The van der Waals surface area contributed by atoms with Crippen molar-refractivity contribution < 1.29 is 9.84 Å². The molecule has 4 rings (SSSR count). The van der Waals surface area contributed by atoms with E-state index in [0.29, 0.717) is 5.92 Å². The third kappa shape index (κ3) is 4.48. The number of piperidine rings is 1. The number of nitrogens with zero attached hydrogens (tertiary/aromatic N) is 2.